The Morgan fingerprint density at radius 3 is 1.37 bits per heavy atom. The number of unbranched alkanes of at least 4 members (excludes halogenated alkanes) is 2. The first-order valence-electron chi connectivity index (χ1n) is 10.8. The van der Waals surface area contributed by atoms with E-state index in [9.17, 15) is 0 Å². The van der Waals surface area contributed by atoms with Crippen LogP contribution >= 0.6 is 0 Å². The Morgan fingerprint density at radius 2 is 1.00 bits per heavy atom. The number of ether oxygens (including phenoxy) is 6. The maximum absolute atomic E-state index is 5.96. The molecule has 3 rings (SSSR count). The topological polar surface area (TPSA) is 55.4 Å². The zero-order chi connectivity index (χ0) is 21.0. The second kappa shape index (κ2) is 12.3. The maximum Gasteiger partial charge on any atom is 0.263 e. The first-order chi connectivity index (χ1) is 14.8. The van der Waals surface area contributed by atoms with Crippen LogP contribution in [0.25, 0.3) is 0 Å². The van der Waals surface area contributed by atoms with Gasteiger partial charge in [-0.15, -0.1) is 0 Å². The maximum atomic E-state index is 5.96. The van der Waals surface area contributed by atoms with Gasteiger partial charge in [0.25, 0.3) is 12.6 Å². The standard InChI is InChI=1S/C24H32O6/c1-3-5-15-25-19-7-11-21(12-8-19)29-23-24(28-18-17-27-23)30-22-13-9-20(10-14-22)26-16-6-4-2/h7-14,23-24H,3-6,15-18H2,1-2H3/t23-,24+. The van der Waals surface area contributed by atoms with Gasteiger partial charge in [0.05, 0.1) is 26.4 Å². The smallest absolute Gasteiger partial charge is 0.263 e. The molecule has 1 saturated heterocycles. The summed E-state index contributed by atoms with van der Waals surface area (Å²) >= 11 is 0. The van der Waals surface area contributed by atoms with Gasteiger partial charge < -0.3 is 28.4 Å². The van der Waals surface area contributed by atoms with Crippen molar-refractivity contribution in [2.75, 3.05) is 26.4 Å². The van der Waals surface area contributed by atoms with Gasteiger partial charge in [0.1, 0.15) is 23.0 Å². The van der Waals surface area contributed by atoms with Crippen LogP contribution in [0.3, 0.4) is 0 Å². The molecule has 6 nitrogen and oxygen atoms in total. The van der Waals surface area contributed by atoms with Crippen LogP contribution in [0, 0.1) is 0 Å². The highest BCUT2D eigenvalue weighted by molar-refractivity contribution is 5.32. The zero-order valence-electron chi connectivity index (χ0n) is 17.9. The molecule has 0 saturated carbocycles. The molecule has 164 valence electrons. The lowest BCUT2D eigenvalue weighted by atomic mass is 10.3. The van der Waals surface area contributed by atoms with E-state index in [0.717, 1.165) is 37.2 Å². The van der Waals surface area contributed by atoms with Crippen molar-refractivity contribution >= 4 is 0 Å². The molecule has 0 aliphatic carbocycles. The first kappa shape index (κ1) is 22.2. The average Bonchev–Trinajstić information content (AvgIpc) is 2.78. The Morgan fingerprint density at radius 1 is 0.633 bits per heavy atom. The SMILES string of the molecule is CCCCOc1ccc(O[C@H]2OCCO[C@H]2Oc2ccc(OCCCC)cc2)cc1. The van der Waals surface area contributed by atoms with Crippen molar-refractivity contribution in [2.45, 2.75) is 52.1 Å². The lowest BCUT2D eigenvalue weighted by Gasteiger charge is -2.31. The second-order valence-corrected chi connectivity index (χ2v) is 7.06. The molecule has 0 radical (unpaired) electrons. The van der Waals surface area contributed by atoms with Crippen LogP contribution in [0.2, 0.25) is 0 Å². The van der Waals surface area contributed by atoms with Gasteiger partial charge in [-0.25, -0.2) is 0 Å². The van der Waals surface area contributed by atoms with E-state index in [-0.39, 0.29) is 0 Å². The summed E-state index contributed by atoms with van der Waals surface area (Å²) in [6.07, 6.45) is 2.97. The van der Waals surface area contributed by atoms with Gasteiger partial charge >= 0.3 is 0 Å². The van der Waals surface area contributed by atoms with Crippen molar-refractivity contribution in [2.24, 2.45) is 0 Å². The lowest BCUT2D eigenvalue weighted by molar-refractivity contribution is -0.271. The quantitative estimate of drug-likeness (QED) is 0.443. The van der Waals surface area contributed by atoms with E-state index in [2.05, 4.69) is 13.8 Å². The molecule has 1 fully saturated rings. The molecule has 30 heavy (non-hydrogen) atoms. The molecule has 0 unspecified atom stereocenters. The van der Waals surface area contributed by atoms with Crippen LogP contribution in [-0.2, 0) is 9.47 Å². The molecular formula is C24H32O6. The summed E-state index contributed by atoms with van der Waals surface area (Å²) in [5, 5.41) is 0. The molecule has 0 spiro atoms. The number of hydrogen-bond acceptors (Lipinski definition) is 6. The van der Waals surface area contributed by atoms with Gasteiger partial charge in [0.2, 0.25) is 0 Å². The molecule has 2 aromatic carbocycles. The molecule has 0 bridgehead atoms. The van der Waals surface area contributed by atoms with Gasteiger partial charge in [-0.05, 0) is 61.4 Å². The predicted octanol–water partition coefficient (Wildman–Crippen LogP) is 5.20. The molecule has 6 heteroatoms. The zero-order valence-corrected chi connectivity index (χ0v) is 17.9. The fourth-order valence-corrected chi connectivity index (χ4v) is 2.83. The van der Waals surface area contributed by atoms with Crippen molar-refractivity contribution in [1.82, 2.24) is 0 Å². The third-order valence-corrected chi connectivity index (χ3v) is 4.55. The fourth-order valence-electron chi connectivity index (χ4n) is 2.83. The average molecular weight is 417 g/mol. The molecule has 1 aliphatic heterocycles. The summed E-state index contributed by atoms with van der Waals surface area (Å²) in [6, 6.07) is 15.0. The largest absolute Gasteiger partial charge is 0.494 e. The monoisotopic (exact) mass is 416 g/mol. The van der Waals surface area contributed by atoms with E-state index < -0.39 is 12.6 Å². The second-order valence-electron chi connectivity index (χ2n) is 7.06. The van der Waals surface area contributed by atoms with Crippen LogP contribution in [0.1, 0.15) is 39.5 Å². The predicted molar refractivity (Wildman–Crippen MR) is 114 cm³/mol. The minimum absolute atomic E-state index is 0.451. The molecule has 1 heterocycles. The van der Waals surface area contributed by atoms with Crippen molar-refractivity contribution in [3.63, 3.8) is 0 Å². The van der Waals surface area contributed by atoms with Crippen LogP contribution in [-0.4, -0.2) is 39.0 Å². The highest BCUT2D eigenvalue weighted by Gasteiger charge is 2.31. The summed E-state index contributed by atoms with van der Waals surface area (Å²) < 4.78 is 34.8. The number of rotatable bonds is 12. The Labute approximate surface area is 179 Å². The summed E-state index contributed by atoms with van der Waals surface area (Å²) in [6.45, 7) is 6.62. The van der Waals surface area contributed by atoms with Gasteiger partial charge in [-0.3, -0.25) is 0 Å². The van der Waals surface area contributed by atoms with Gasteiger partial charge in [-0.1, -0.05) is 26.7 Å². The number of benzene rings is 2. The van der Waals surface area contributed by atoms with Gasteiger partial charge in [0.15, 0.2) is 0 Å². The normalized spacial score (nSPS) is 18.6. The van der Waals surface area contributed by atoms with Gasteiger partial charge in [0, 0.05) is 0 Å². The van der Waals surface area contributed by atoms with Crippen LogP contribution < -0.4 is 18.9 Å². The molecule has 2 atom stereocenters. The van der Waals surface area contributed by atoms with E-state index in [1.165, 1.54) is 0 Å². The minimum Gasteiger partial charge on any atom is -0.494 e. The number of hydrogen-bond donors (Lipinski definition) is 0. The van der Waals surface area contributed by atoms with Crippen molar-refractivity contribution in [3.8, 4) is 23.0 Å². The molecule has 2 aromatic rings. The summed E-state index contributed by atoms with van der Waals surface area (Å²) in [7, 11) is 0. The van der Waals surface area contributed by atoms with Crippen LogP contribution in [0.4, 0.5) is 0 Å². The molecule has 0 amide bonds. The summed E-state index contributed by atoms with van der Waals surface area (Å²) in [4.78, 5) is 0. The van der Waals surface area contributed by atoms with Crippen molar-refractivity contribution < 1.29 is 28.4 Å². The first-order valence-corrected chi connectivity index (χ1v) is 10.8. The molecule has 1 aliphatic rings. The Bertz CT molecular complexity index is 652. The molecule has 0 aromatic heterocycles. The van der Waals surface area contributed by atoms with E-state index in [4.69, 9.17) is 28.4 Å². The Kier molecular flexibility index (Phi) is 9.12. The van der Waals surface area contributed by atoms with E-state index in [0.29, 0.717) is 37.9 Å². The van der Waals surface area contributed by atoms with Crippen molar-refractivity contribution in [1.29, 1.82) is 0 Å². The molecular weight excluding hydrogens is 384 g/mol. The van der Waals surface area contributed by atoms with Crippen LogP contribution in [0.15, 0.2) is 48.5 Å². The summed E-state index contributed by atoms with van der Waals surface area (Å²) in [5.41, 5.74) is 0. The van der Waals surface area contributed by atoms with E-state index in [1.54, 1.807) is 0 Å². The van der Waals surface area contributed by atoms with Crippen molar-refractivity contribution in [3.05, 3.63) is 48.5 Å². The Balaban J connectivity index is 1.53. The fraction of sp³-hybridized carbons (Fsp3) is 0.500. The molecule has 0 N–H and O–H groups in total. The summed E-state index contributed by atoms with van der Waals surface area (Å²) in [5.74, 6) is 2.99. The van der Waals surface area contributed by atoms with Gasteiger partial charge in [-0.2, -0.15) is 0 Å². The van der Waals surface area contributed by atoms with Crippen LogP contribution in [0.5, 0.6) is 23.0 Å². The highest BCUT2D eigenvalue weighted by Crippen LogP contribution is 2.25. The third kappa shape index (κ3) is 7.11. The Hall–Kier alpha value is -2.44. The minimum atomic E-state index is -0.661. The third-order valence-electron chi connectivity index (χ3n) is 4.55. The lowest BCUT2D eigenvalue weighted by Crippen LogP contribution is -2.45. The van der Waals surface area contributed by atoms with E-state index >= 15 is 0 Å². The highest BCUT2D eigenvalue weighted by atomic mass is 16.8. The van der Waals surface area contributed by atoms with E-state index in [1.807, 2.05) is 48.5 Å².